The molecule has 0 spiro atoms. The molecule has 172 valence electrons. The van der Waals surface area contributed by atoms with E-state index in [1.165, 1.54) is 0 Å². The number of hydrogen-bond donors (Lipinski definition) is 0. The third kappa shape index (κ3) is 8.14. The first-order valence-electron chi connectivity index (χ1n) is 11.1. The maximum absolute atomic E-state index is 7.02. The Kier molecular flexibility index (Phi) is 9.96. The standard InChI is InChI=1S/C24H36Cl2O3Si2/c1-7-9-23(27-21-15-11-19(25)12-16-21)30(3,4)29-31(5,6)24(10-8-2)28-22-17-13-20(26)14-18-22/h11-18,23-24H,7-10H2,1-6H3. The normalized spacial score (nSPS) is 14.2. The Morgan fingerprint density at radius 3 is 1.26 bits per heavy atom. The minimum absolute atomic E-state index is 0.0586. The van der Waals surface area contributed by atoms with Gasteiger partial charge < -0.3 is 13.6 Å². The minimum Gasteiger partial charge on any atom is -0.491 e. The van der Waals surface area contributed by atoms with E-state index >= 15 is 0 Å². The van der Waals surface area contributed by atoms with Crippen molar-refractivity contribution in [1.82, 2.24) is 0 Å². The second-order valence-electron chi connectivity index (χ2n) is 9.01. The lowest BCUT2D eigenvalue weighted by Crippen LogP contribution is -2.60. The Balaban J connectivity index is 2.18. The minimum atomic E-state index is -2.20. The molecule has 0 bridgehead atoms. The summed E-state index contributed by atoms with van der Waals surface area (Å²) in [6.45, 7) is 13.4. The smallest absolute Gasteiger partial charge is 0.217 e. The summed E-state index contributed by atoms with van der Waals surface area (Å²) < 4.78 is 19.9. The van der Waals surface area contributed by atoms with Crippen LogP contribution >= 0.6 is 23.2 Å². The van der Waals surface area contributed by atoms with Crippen molar-refractivity contribution in [3.05, 3.63) is 58.6 Å². The van der Waals surface area contributed by atoms with Gasteiger partial charge >= 0.3 is 0 Å². The monoisotopic (exact) mass is 498 g/mol. The molecule has 0 N–H and O–H groups in total. The molecular weight excluding hydrogens is 463 g/mol. The molecule has 0 aromatic heterocycles. The summed E-state index contributed by atoms with van der Waals surface area (Å²) in [6.07, 6.45) is 4.00. The van der Waals surface area contributed by atoms with Crippen LogP contribution in [0.4, 0.5) is 0 Å². The lowest BCUT2D eigenvalue weighted by molar-refractivity contribution is 0.216. The fourth-order valence-electron chi connectivity index (χ4n) is 3.79. The summed E-state index contributed by atoms with van der Waals surface area (Å²) in [5.74, 6) is 1.68. The molecule has 0 radical (unpaired) electrons. The summed E-state index contributed by atoms with van der Waals surface area (Å²) >= 11 is 12.1. The zero-order chi connectivity index (χ0) is 23.1. The van der Waals surface area contributed by atoms with Crippen LogP contribution in [0.15, 0.2) is 48.5 Å². The van der Waals surface area contributed by atoms with E-state index in [2.05, 4.69) is 40.0 Å². The molecule has 0 saturated carbocycles. The van der Waals surface area contributed by atoms with Gasteiger partial charge in [-0.3, -0.25) is 0 Å². The van der Waals surface area contributed by atoms with Crippen LogP contribution in [-0.2, 0) is 4.12 Å². The van der Waals surface area contributed by atoms with E-state index in [-0.39, 0.29) is 11.5 Å². The highest BCUT2D eigenvalue weighted by Gasteiger charge is 2.45. The lowest BCUT2D eigenvalue weighted by atomic mass is 10.3. The molecule has 3 nitrogen and oxygen atoms in total. The van der Waals surface area contributed by atoms with E-state index in [1.807, 2.05) is 48.5 Å². The molecule has 31 heavy (non-hydrogen) atoms. The molecule has 0 saturated heterocycles. The summed E-state index contributed by atoms with van der Waals surface area (Å²) in [5.41, 5.74) is 0.117. The van der Waals surface area contributed by atoms with Crippen LogP contribution in [0, 0.1) is 0 Å². The molecule has 0 heterocycles. The Labute approximate surface area is 200 Å². The number of hydrogen-bond acceptors (Lipinski definition) is 3. The molecule has 0 aliphatic rings. The van der Waals surface area contributed by atoms with Gasteiger partial charge in [0.25, 0.3) is 0 Å². The predicted octanol–water partition coefficient (Wildman–Crippen LogP) is 8.29. The van der Waals surface area contributed by atoms with E-state index < -0.39 is 16.6 Å². The summed E-state index contributed by atoms with van der Waals surface area (Å²) in [5, 5.41) is 1.42. The molecule has 2 aromatic rings. The van der Waals surface area contributed by atoms with Crippen LogP contribution < -0.4 is 9.47 Å². The first-order chi connectivity index (χ1) is 14.6. The van der Waals surface area contributed by atoms with Crippen molar-refractivity contribution in [3.8, 4) is 11.5 Å². The first-order valence-corrected chi connectivity index (χ1v) is 17.8. The van der Waals surface area contributed by atoms with Gasteiger partial charge in [0.2, 0.25) is 16.6 Å². The third-order valence-corrected chi connectivity index (χ3v) is 14.0. The maximum atomic E-state index is 7.02. The Morgan fingerprint density at radius 2 is 0.968 bits per heavy atom. The second-order valence-corrected chi connectivity index (χ2v) is 18.4. The van der Waals surface area contributed by atoms with Gasteiger partial charge in [0.15, 0.2) is 0 Å². The van der Waals surface area contributed by atoms with Gasteiger partial charge in [-0.25, -0.2) is 0 Å². The topological polar surface area (TPSA) is 27.7 Å². The summed E-state index contributed by atoms with van der Waals surface area (Å²) in [7, 11) is -4.40. The maximum Gasteiger partial charge on any atom is 0.217 e. The van der Waals surface area contributed by atoms with Gasteiger partial charge in [0.1, 0.15) is 23.0 Å². The van der Waals surface area contributed by atoms with E-state index in [0.717, 1.165) is 37.2 Å². The lowest BCUT2D eigenvalue weighted by Gasteiger charge is -2.42. The quantitative estimate of drug-likeness (QED) is 0.275. The SMILES string of the molecule is CCCC(Oc1ccc(Cl)cc1)[Si](C)(C)O[Si](C)(C)C(CCC)Oc1ccc(Cl)cc1. The zero-order valence-electron chi connectivity index (χ0n) is 19.6. The fraction of sp³-hybridized carbons (Fsp3) is 0.500. The molecule has 0 aliphatic carbocycles. The molecule has 0 amide bonds. The van der Waals surface area contributed by atoms with Crippen LogP contribution in [0.1, 0.15) is 39.5 Å². The predicted molar refractivity (Wildman–Crippen MR) is 138 cm³/mol. The molecule has 2 atom stereocenters. The van der Waals surface area contributed by atoms with Crippen LogP contribution in [0.3, 0.4) is 0 Å². The van der Waals surface area contributed by atoms with E-state index in [4.69, 9.17) is 36.8 Å². The van der Waals surface area contributed by atoms with Crippen LogP contribution in [0.5, 0.6) is 11.5 Å². The van der Waals surface area contributed by atoms with Crippen molar-refractivity contribution in [1.29, 1.82) is 0 Å². The van der Waals surface area contributed by atoms with Gasteiger partial charge in [-0.05, 0) is 87.6 Å². The molecule has 2 aromatic carbocycles. The highest BCUT2D eigenvalue weighted by molar-refractivity contribution is 6.86. The van der Waals surface area contributed by atoms with Crippen molar-refractivity contribution < 1.29 is 13.6 Å². The average molecular weight is 500 g/mol. The van der Waals surface area contributed by atoms with Crippen molar-refractivity contribution in [2.24, 2.45) is 0 Å². The Bertz CT molecular complexity index is 728. The number of benzene rings is 2. The van der Waals surface area contributed by atoms with Crippen molar-refractivity contribution in [2.75, 3.05) is 0 Å². The second kappa shape index (κ2) is 11.8. The number of ether oxygens (including phenoxy) is 2. The number of halogens is 2. The molecule has 2 rings (SSSR count). The van der Waals surface area contributed by atoms with E-state index in [9.17, 15) is 0 Å². The molecular formula is C24H36Cl2O3Si2. The van der Waals surface area contributed by atoms with Crippen molar-refractivity contribution in [2.45, 2.75) is 77.2 Å². The van der Waals surface area contributed by atoms with Crippen LogP contribution in [0.25, 0.3) is 0 Å². The van der Waals surface area contributed by atoms with E-state index in [1.54, 1.807) is 0 Å². The summed E-state index contributed by atoms with van der Waals surface area (Å²) in [6, 6.07) is 15.2. The molecule has 2 unspecified atom stereocenters. The van der Waals surface area contributed by atoms with Gasteiger partial charge in [-0.1, -0.05) is 49.9 Å². The highest BCUT2D eigenvalue weighted by Crippen LogP contribution is 2.30. The van der Waals surface area contributed by atoms with E-state index in [0.29, 0.717) is 10.0 Å². The fourth-order valence-corrected chi connectivity index (χ4v) is 13.3. The summed E-state index contributed by atoms with van der Waals surface area (Å²) in [4.78, 5) is 0. The Hall–Kier alpha value is -0.986. The first kappa shape index (κ1) is 26.3. The molecule has 0 aliphatic heterocycles. The van der Waals surface area contributed by atoms with Gasteiger partial charge in [-0.15, -0.1) is 0 Å². The molecule has 0 fully saturated rings. The molecule has 7 heteroatoms. The largest absolute Gasteiger partial charge is 0.491 e. The zero-order valence-corrected chi connectivity index (χ0v) is 23.1. The van der Waals surface area contributed by atoms with Crippen LogP contribution in [-0.4, -0.2) is 28.1 Å². The van der Waals surface area contributed by atoms with Gasteiger partial charge in [-0.2, -0.15) is 0 Å². The van der Waals surface area contributed by atoms with Gasteiger partial charge in [0, 0.05) is 10.0 Å². The van der Waals surface area contributed by atoms with Crippen molar-refractivity contribution >= 4 is 39.8 Å². The number of rotatable bonds is 12. The van der Waals surface area contributed by atoms with Crippen LogP contribution in [0.2, 0.25) is 36.2 Å². The third-order valence-electron chi connectivity index (χ3n) is 5.36. The Morgan fingerprint density at radius 1 is 0.645 bits per heavy atom. The van der Waals surface area contributed by atoms with Crippen molar-refractivity contribution in [3.63, 3.8) is 0 Å². The van der Waals surface area contributed by atoms with Gasteiger partial charge in [0.05, 0.1) is 0 Å². The highest BCUT2D eigenvalue weighted by atomic mass is 35.5. The average Bonchev–Trinajstić information content (AvgIpc) is 2.69.